The van der Waals surface area contributed by atoms with Crippen molar-refractivity contribution in [1.82, 2.24) is 6.15 Å². The molecule has 7 heteroatoms. The molecule has 0 aliphatic rings. The fourth-order valence-corrected chi connectivity index (χ4v) is 0. The fourth-order valence-electron chi connectivity index (χ4n) is 0. The molecular weight excluding hydrogens is 248 g/mol. The molecule has 0 amide bonds. The number of phosphoric acid groups is 1. The molecule has 43 valence electrons. The van der Waals surface area contributed by atoms with Crippen molar-refractivity contribution in [1.29, 1.82) is 0 Å². The quantitative estimate of drug-likeness (QED) is 0.480. The molecule has 0 saturated carbocycles. The molecule has 0 aromatic carbocycles. The smallest absolute Gasteiger partial charge is 0 e. The van der Waals surface area contributed by atoms with Crippen molar-refractivity contribution in [3.05, 3.63) is 0 Å². The Morgan fingerprint density at radius 1 is 1.14 bits per heavy atom. The Morgan fingerprint density at radius 2 is 1.14 bits per heavy atom. The summed E-state index contributed by atoms with van der Waals surface area (Å²) >= 11 is 0. The van der Waals surface area contributed by atoms with Crippen molar-refractivity contribution < 1.29 is 54.8 Å². The summed E-state index contributed by atoms with van der Waals surface area (Å²) in [6.07, 6.45) is 0. The summed E-state index contributed by atoms with van der Waals surface area (Å²) in [6.45, 7) is 0. The Morgan fingerprint density at radius 3 is 1.14 bits per heavy atom. The molecule has 0 unspecified atom stereocenters. The van der Waals surface area contributed by atoms with Crippen molar-refractivity contribution in [2.45, 2.75) is 0 Å². The van der Waals surface area contributed by atoms with Gasteiger partial charge in [0.2, 0.25) is 0 Å². The van der Waals surface area contributed by atoms with E-state index in [1.54, 1.807) is 0 Å². The summed E-state index contributed by atoms with van der Waals surface area (Å²) in [5, 5.41) is 0. The van der Waals surface area contributed by atoms with Gasteiger partial charge in [-0.05, 0) is 0 Å². The molecule has 0 bridgehead atoms. The van der Waals surface area contributed by atoms with E-state index in [2.05, 4.69) is 0 Å². The van der Waals surface area contributed by atoms with Crippen LogP contribution in [0, 0.1) is 35.6 Å². The minimum absolute atomic E-state index is 0. The van der Waals surface area contributed by atoms with Crippen molar-refractivity contribution in [2.24, 2.45) is 0 Å². The Labute approximate surface area is 68.5 Å². The van der Waals surface area contributed by atoms with Gasteiger partial charge in [0.1, 0.15) is 0 Å². The molecule has 0 rings (SSSR count). The zero-order valence-corrected chi connectivity index (χ0v) is 8.18. The van der Waals surface area contributed by atoms with E-state index in [4.69, 9.17) is 19.2 Å². The minimum Gasteiger partial charge on any atom is -0.822 e. The molecule has 0 aliphatic carbocycles. The number of rotatable bonds is 0. The van der Waals surface area contributed by atoms with Crippen LogP contribution in [0.4, 0.5) is 0 Å². The van der Waals surface area contributed by atoms with Crippen LogP contribution < -0.4 is 20.8 Å². The third-order valence-corrected chi connectivity index (χ3v) is 0. The normalized spacial score (nSPS) is 8.43. The van der Waals surface area contributed by atoms with Crippen LogP contribution >= 0.6 is 7.82 Å². The van der Waals surface area contributed by atoms with Gasteiger partial charge in [0.05, 0.1) is 0 Å². The predicted molar refractivity (Wildman–Crippen MR) is 13.6 cm³/mol. The minimum atomic E-state index is -5.39. The fraction of sp³-hybridized carbons (Fsp3) is 0. The van der Waals surface area contributed by atoms with Crippen LogP contribution in [0.15, 0.2) is 0 Å². The van der Waals surface area contributed by atoms with E-state index in [1.165, 1.54) is 0 Å². The van der Waals surface area contributed by atoms with Crippen molar-refractivity contribution in [3.8, 4) is 0 Å². The predicted octanol–water partition coefficient (Wildman–Crippen LogP) is -2.45. The third kappa shape index (κ3) is 126. The monoisotopic (exact) mass is 252 g/mol. The topological polar surface area (TPSA) is 123 Å². The summed E-state index contributed by atoms with van der Waals surface area (Å²) in [4.78, 5) is 25.6. The molecule has 0 heterocycles. The van der Waals surface area contributed by atoms with Crippen LogP contribution in [0.1, 0.15) is 0 Å². The van der Waals surface area contributed by atoms with E-state index in [-0.39, 0.29) is 41.7 Å². The maximum absolute atomic E-state index is 8.55. The number of hydrogen-bond acceptors (Lipinski definition) is 4. The van der Waals surface area contributed by atoms with Crippen molar-refractivity contribution >= 4 is 7.82 Å². The molecule has 0 spiro atoms. The van der Waals surface area contributed by atoms with E-state index < -0.39 is 7.82 Å². The third-order valence-electron chi connectivity index (χ3n) is 0. The molecular formula is H4LaNO4P-2. The van der Waals surface area contributed by atoms with Crippen LogP contribution in [0.2, 0.25) is 0 Å². The first-order chi connectivity index (χ1) is 2.00. The zero-order valence-electron chi connectivity index (χ0n) is 3.66. The van der Waals surface area contributed by atoms with Gasteiger partial charge in [-0.25, -0.2) is 0 Å². The van der Waals surface area contributed by atoms with Crippen LogP contribution in [0.5, 0.6) is 0 Å². The summed E-state index contributed by atoms with van der Waals surface area (Å²) in [6, 6.07) is 0. The van der Waals surface area contributed by atoms with Gasteiger partial charge in [-0.15, -0.1) is 0 Å². The van der Waals surface area contributed by atoms with Crippen LogP contribution in [0.25, 0.3) is 0 Å². The second-order valence-corrected chi connectivity index (χ2v) is 1.34. The molecule has 4 N–H and O–H groups in total. The van der Waals surface area contributed by atoms with Gasteiger partial charge >= 0.3 is 0 Å². The van der Waals surface area contributed by atoms with Gasteiger partial charge in [-0.1, -0.05) is 0 Å². The molecule has 7 heavy (non-hydrogen) atoms. The van der Waals surface area contributed by atoms with Crippen LogP contribution in [0.3, 0.4) is 0 Å². The summed E-state index contributed by atoms with van der Waals surface area (Å²) in [7, 11) is -5.39. The number of quaternary nitrogens is 1. The van der Waals surface area contributed by atoms with Gasteiger partial charge in [0, 0.05) is 35.6 Å². The van der Waals surface area contributed by atoms with Crippen molar-refractivity contribution in [2.75, 3.05) is 0 Å². The zero-order chi connectivity index (χ0) is 4.50. The van der Waals surface area contributed by atoms with E-state index in [0.29, 0.717) is 0 Å². The molecule has 0 aliphatic heterocycles. The van der Waals surface area contributed by atoms with E-state index >= 15 is 0 Å². The van der Waals surface area contributed by atoms with Crippen LogP contribution in [-0.4, -0.2) is 0 Å². The standard InChI is InChI=1S/La.H3N.H3O4P/c;;1-5(2,3)4/h;1H3;(H3,1,2,3,4)/p-2. The first-order valence-corrected chi connectivity index (χ1v) is 2.19. The van der Waals surface area contributed by atoms with E-state index in [0.717, 1.165) is 0 Å². The average Bonchev–Trinajstić information content (AvgIpc) is 0.722. The van der Waals surface area contributed by atoms with Gasteiger partial charge in [0.25, 0.3) is 0 Å². The van der Waals surface area contributed by atoms with Gasteiger partial charge in [-0.2, -0.15) is 7.82 Å². The van der Waals surface area contributed by atoms with E-state index in [9.17, 15) is 0 Å². The number of hydrogen-bond donors (Lipinski definition) is 1. The second-order valence-electron chi connectivity index (χ2n) is 0.447. The molecule has 0 aromatic rings. The van der Waals surface area contributed by atoms with Gasteiger partial charge in [0.15, 0.2) is 0 Å². The largest absolute Gasteiger partial charge is 0.822 e. The Bertz CT molecular complexity index is 57.8. The first kappa shape index (κ1) is 15.7. The van der Waals surface area contributed by atoms with Gasteiger partial charge in [-0.3, -0.25) is 0 Å². The Kier molecular flexibility index (Phi) is 12.1. The molecule has 0 aromatic heterocycles. The first-order valence-electron chi connectivity index (χ1n) is 0.730. The molecule has 1 radical (unpaired) electrons. The Hall–Kier alpha value is 1.26. The SMILES string of the molecule is O=P([O-])([O-])[O-].[La].[NH4+]. The molecule has 0 atom stereocenters. The molecule has 5 nitrogen and oxygen atoms in total. The summed E-state index contributed by atoms with van der Waals surface area (Å²) in [5.74, 6) is 0. The maximum Gasteiger partial charge on any atom is 0 e. The maximum atomic E-state index is 8.55. The van der Waals surface area contributed by atoms with Crippen LogP contribution in [-0.2, 0) is 4.57 Å². The summed E-state index contributed by atoms with van der Waals surface area (Å²) < 4.78 is 8.55. The summed E-state index contributed by atoms with van der Waals surface area (Å²) in [5.41, 5.74) is 0. The van der Waals surface area contributed by atoms with E-state index in [1.807, 2.05) is 0 Å². The van der Waals surface area contributed by atoms with Crippen molar-refractivity contribution in [3.63, 3.8) is 0 Å². The van der Waals surface area contributed by atoms with Gasteiger partial charge < -0.3 is 25.4 Å². The second kappa shape index (κ2) is 5.40. The Balaban J connectivity index is -0.0000000800. The average molecular weight is 252 g/mol. The molecule has 0 saturated heterocycles. The molecule has 0 fully saturated rings.